The Morgan fingerprint density at radius 3 is 1.77 bits per heavy atom. The first-order chi connectivity index (χ1) is 19.3. The first-order valence-corrected chi connectivity index (χ1v) is 14.2. The summed E-state index contributed by atoms with van der Waals surface area (Å²) < 4.78 is 32.8. The smallest absolute Gasteiger partial charge is 0.184 e. The van der Waals surface area contributed by atoms with Crippen LogP contribution in [0.4, 0.5) is 0 Å². The third-order valence-electron chi connectivity index (χ3n) is 6.92. The van der Waals surface area contributed by atoms with Crippen LogP contribution in [-0.2, 0) is 36.9 Å². The summed E-state index contributed by atoms with van der Waals surface area (Å²) in [5.74, 6) is 0. The zero-order chi connectivity index (χ0) is 26.3. The van der Waals surface area contributed by atoms with Crippen molar-refractivity contribution < 1.29 is 23.7 Å². The molecule has 2 heterocycles. The van der Waals surface area contributed by atoms with Crippen LogP contribution in [0.1, 0.15) is 23.0 Å². The van der Waals surface area contributed by atoms with Gasteiger partial charge in [0.05, 0.1) is 19.8 Å². The lowest BCUT2D eigenvalue weighted by Crippen LogP contribution is -2.62. The molecule has 2 aliphatic heterocycles. The molecule has 5 nitrogen and oxygen atoms in total. The molecular formula is C33H32O5S. The van der Waals surface area contributed by atoms with Crippen LogP contribution in [0.3, 0.4) is 0 Å². The van der Waals surface area contributed by atoms with E-state index in [1.165, 1.54) is 0 Å². The van der Waals surface area contributed by atoms with Gasteiger partial charge in [-0.15, -0.1) is 0 Å². The first-order valence-electron chi connectivity index (χ1n) is 13.3. The van der Waals surface area contributed by atoms with Crippen molar-refractivity contribution >= 4 is 11.8 Å². The Balaban J connectivity index is 1.30. The molecule has 0 radical (unpaired) electrons. The van der Waals surface area contributed by atoms with Crippen molar-refractivity contribution in [1.82, 2.24) is 0 Å². The van der Waals surface area contributed by atoms with E-state index < -0.39 is 6.29 Å². The van der Waals surface area contributed by atoms with Gasteiger partial charge in [-0.1, -0.05) is 121 Å². The van der Waals surface area contributed by atoms with Crippen molar-refractivity contribution in [3.63, 3.8) is 0 Å². The lowest BCUT2D eigenvalue weighted by atomic mass is 9.98. The number of thioether (sulfide) groups is 1. The molecule has 200 valence electrons. The van der Waals surface area contributed by atoms with Crippen LogP contribution in [-0.4, -0.2) is 36.5 Å². The Kier molecular flexibility index (Phi) is 8.70. The molecule has 0 aliphatic carbocycles. The van der Waals surface area contributed by atoms with Gasteiger partial charge in [0, 0.05) is 10.5 Å². The fraction of sp³-hybridized carbons (Fsp3) is 0.273. The maximum absolute atomic E-state index is 6.69. The summed E-state index contributed by atoms with van der Waals surface area (Å²) in [6.07, 6.45) is -1.89. The minimum absolute atomic E-state index is 0.288. The van der Waals surface area contributed by atoms with Crippen LogP contribution in [0, 0.1) is 0 Å². The highest BCUT2D eigenvalue weighted by molar-refractivity contribution is 7.99. The van der Waals surface area contributed by atoms with Gasteiger partial charge >= 0.3 is 0 Å². The Bertz CT molecular complexity index is 1270. The second-order valence-electron chi connectivity index (χ2n) is 9.67. The van der Waals surface area contributed by atoms with Crippen molar-refractivity contribution in [1.29, 1.82) is 0 Å². The van der Waals surface area contributed by atoms with Gasteiger partial charge in [-0.2, -0.15) is 0 Å². The van der Waals surface area contributed by atoms with E-state index in [4.69, 9.17) is 23.7 Å². The van der Waals surface area contributed by atoms with Gasteiger partial charge in [-0.05, 0) is 23.3 Å². The van der Waals surface area contributed by atoms with Gasteiger partial charge in [0.25, 0.3) is 0 Å². The van der Waals surface area contributed by atoms with Crippen molar-refractivity contribution in [2.75, 3.05) is 6.61 Å². The highest BCUT2D eigenvalue weighted by Gasteiger charge is 2.51. The topological polar surface area (TPSA) is 46.2 Å². The Morgan fingerprint density at radius 2 is 1.15 bits per heavy atom. The largest absolute Gasteiger partial charge is 0.368 e. The molecular weight excluding hydrogens is 508 g/mol. The van der Waals surface area contributed by atoms with Crippen LogP contribution in [0.25, 0.3) is 0 Å². The van der Waals surface area contributed by atoms with Gasteiger partial charge in [0.1, 0.15) is 29.9 Å². The zero-order valence-electron chi connectivity index (χ0n) is 21.6. The molecule has 6 heteroatoms. The number of ether oxygens (including phenoxy) is 5. The standard InChI is InChI=1S/C33H32O5S/c1-5-13-24(14-6-1)21-34-30-29-28(23-36-32(38-29)26-17-9-3-10-18-26)37-33(39-27-19-11-4-12-20-27)31(30)35-22-25-15-7-2-8-16-25/h1-20,28-33H,21-23H2/t28-,29-,30+,31-,32-,33-/m1/s1. The number of hydrogen-bond acceptors (Lipinski definition) is 6. The summed E-state index contributed by atoms with van der Waals surface area (Å²) in [5, 5.41) is 0. The van der Waals surface area contributed by atoms with Gasteiger partial charge < -0.3 is 23.7 Å². The summed E-state index contributed by atoms with van der Waals surface area (Å²) in [5.41, 5.74) is 2.86. The summed E-state index contributed by atoms with van der Waals surface area (Å²) in [6, 6.07) is 40.7. The average molecular weight is 541 g/mol. The van der Waals surface area contributed by atoms with E-state index in [-0.39, 0.29) is 29.9 Å². The van der Waals surface area contributed by atoms with Crippen molar-refractivity contribution in [2.24, 2.45) is 0 Å². The van der Waals surface area contributed by atoms with Gasteiger partial charge in [-0.3, -0.25) is 0 Å². The molecule has 0 N–H and O–H groups in total. The minimum Gasteiger partial charge on any atom is -0.368 e. The number of benzene rings is 4. The number of hydrogen-bond donors (Lipinski definition) is 0. The Labute approximate surface area is 234 Å². The summed E-state index contributed by atoms with van der Waals surface area (Å²) in [7, 11) is 0. The first kappa shape index (κ1) is 26.3. The normalized spacial score (nSPS) is 26.6. The SMILES string of the molecule is c1ccc(CO[C@@H]2[C@@H](OCc3ccccc3)[C@@H](Sc3ccccc3)O[C@@H]3CO[C@@H](c4ccccc4)O[C@@H]23)cc1. The zero-order valence-corrected chi connectivity index (χ0v) is 22.4. The fourth-order valence-electron chi connectivity index (χ4n) is 4.95. The molecule has 0 unspecified atom stereocenters. The van der Waals surface area contributed by atoms with Crippen molar-refractivity contribution in [2.45, 2.75) is 54.3 Å². The maximum Gasteiger partial charge on any atom is 0.184 e. The molecule has 2 fully saturated rings. The monoisotopic (exact) mass is 540 g/mol. The van der Waals surface area contributed by atoms with Gasteiger partial charge in [0.15, 0.2) is 6.29 Å². The van der Waals surface area contributed by atoms with Crippen LogP contribution in [0.2, 0.25) is 0 Å². The molecule has 6 rings (SSSR count). The average Bonchev–Trinajstić information content (AvgIpc) is 3.01. The number of fused-ring (bicyclic) bond motifs is 1. The molecule has 0 spiro atoms. The molecule has 6 atom stereocenters. The molecule has 39 heavy (non-hydrogen) atoms. The third kappa shape index (κ3) is 6.61. The predicted molar refractivity (Wildman–Crippen MR) is 151 cm³/mol. The molecule has 2 saturated heterocycles. The molecule has 2 aliphatic rings. The summed E-state index contributed by atoms with van der Waals surface area (Å²) in [6.45, 7) is 1.30. The van der Waals surface area contributed by atoms with Crippen LogP contribution in [0.5, 0.6) is 0 Å². The molecule has 0 bridgehead atoms. The van der Waals surface area contributed by atoms with Crippen LogP contribution < -0.4 is 0 Å². The fourth-order valence-corrected chi connectivity index (χ4v) is 6.10. The Morgan fingerprint density at radius 1 is 0.615 bits per heavy atom. The highest BCUT2D eigenvalue weighted by Crippen LogP contribution is 2.41. The Hall–Kier alpha value is -2.97. The van der Waals surface area contributed by atoms with E-state index in [1.54, 1.807) is 11.8 Å². The van der Waals surface area contributed by atoms with Crippen molar-refractivity contribution in [3.05, 3.63) is 138 Å². The molecule has 0 amide bonds. The van der Waals surface area contributed by atoms with E-state index >= 15 is 0 Å². The lowest BCUT2D eigenvalue weighted by molar-refractivity contribution is -0.329. The predicted octanol–water partition coefficient (Wildman–Crippen LogP) is 6.79. The summed E-state index contributed by atoms with van der Waals surface area (Å²) in [4.78, 5) is 1.11. The second-order valence-corrected chi connectivity index (χ2v) is 10.8. The second kappa shape index (κ2) is 12.9. The maximum atomic E-state index is 6.69. The third-order valence-corrected chi connectivity index (χ3v) is 8.08. The van der Waals surface area contributed by atoms with E-state index in [0.29, 0.717) is 19.8 Å². The van der Waals surface area contributed by atoms with Crippen molar-refractivity contribution in [3.8, 4) is 0 Å². The number of rotatable bonds is 9. The molecule has 4 aromatic rings. The van der Waals surface area contributed by atoms with Gasteiger partial charge in [-0.25, -0.2) is 0 Å². The highest BCUT2D eigenvalue weighted by atomic mass is 32.2. The molecule has 0 aromatic heterocycles. The summed E-state index contributed by atoms with van der Waals surface area (Å²) >= 11 is 1.65. The van der Waals surface area contributed by atoms with E-state index in [0.717, 1.165) is 21.6 Å². The van der Waals surface area contributed by atoms with Crippen LogP contribution in [0.15, 0.2) is 126 Å². The quantitative estimate of drug-likeness (QED) is 0.233. The van der Waals surface area contributed by atoms with Crippen LogP contribution >= 0.6 is 11.8 Å². The minimum atomic E-state index is -0.494. The van der Waals surface area contributed by atoms with Gasteiger partial charge in [0.2, 0.25) is 0 Å². The molecule has 0 saturated carbocycles. The van der Waals surface area contributed by atoms with E-state index in [9.17, 15) is 0 Å². The molecule has 4 aromatic carbocycles. The lowest BCUT2D eigenvalue weighted by Gasteiger charge is -2.49. The van der Waals surface area contributed by atoms with E-state index in [2.05, 4.69) is 36.4 Å². The van der Waals surface area contributed by atoms with E-state index in [1.807, 2.05) is 84.9 Å².